The van der Waals surface area contributed by atoms with Crippen LogP contribution in [-0.2, 0) is 19.4 Å². The van der Waals surface area contributed by atoms with Crippen LogP contribution in [-0.4, -0.2) is 16.2 Å². The maximum Gasteiger partial charge on any atom is 0.226 e. The van der Waals surface area contributed by atoms with Gasteiger partial charge in [-0.1, -0.05) is 37.2 Å². The molecule has 5 nitrogen and oxygen atoms in total. The van der Waals surface area contributed by atoms with Gasteiger partial charge in [0, 0.05) is 12.5 Å². The van der Waals surface area contributed by atoms with Crippen molar-refractivity contribution in [2.45, 2.75) is 45.8 Å². The van der Waals surface area contributed by atoms with E-state index in [1.165, 1.54) is 0 Å². The SMILES string of the molecule is CCc1nc(COc2ccccc2CC(N)CC)no1. The van der Waals surface area contributed by atoms with E-state index in [0.29, 0.717) is 18.3 Å². The fourth-order valence-electron chi connectivity index (χ4n) is 1.87. The van der Waals surface area contributed by atoms with Gasteiger partial charge in [0.2, 0.25) is 11.7 Å². The summed E-state index contributed by atoms with van der Waals surface area (Å²) in [5.41, 5.74) is 7.12. The van der Waals surface area contributed by atoms with E-state index in [1.54, 1.807) is 0 Å². The summed E-state index contributed by atoms with van der Waals surface area (Å²) in [5.74, 6) is 2.03. The highest BCUT2D eigenvalue weighted by Gasteiger charge is 2.09. The van der Waals surface area contributed by atoms with E-state index in [0.717, 1.165) is 30.6 Å². The highest BCUT2D eigenvalue weighted by atomic mass is 16.5. The Morgan fingerprint density at radius 3 is 2.80 bits per heavy atom. The lowest BCUT2D eigenvalue weighted by Crippen LogP contribution is -2.21. The molecule has 0 aliphatic rings. The second kappa shape index (κ2) is 7.05. The fraction of sp³-hybridized carbons (Fsp3) is 0.467. The molecule has 2 N–H and O–H groups in total. The maximum absolute atomic E-state index is 6.01. The molecule has 1 aromatic heterocycles. The number of hydrogen-bond donors (Lipinski definition) is 1. The van der Waals surface area contributed by atoms with Crippen molar-refractivity contribution in [3.05, 3.63) is 41.5 Å². The maximum atomic E-state index is 6.01. The number of para-hydroxylation sites is 1. The van der Waals surface area contributed by atoms with Crippen molar-refractivity contribution in [2.75, 3.05) is 0 Å². The van der Waals surface area contributed by atoms with E-state index in [2.05, 4.69) is 17.1 Å². The van der Waals surface area contributed by atoms with Crippen LogP contribution in [0.3, 0.4) is 0 Å². The van der Waals surface area contributed by atoms with Crippen molar-refractivity contribution in [3.8, 4) is 5.75 Å². The summed E-state index contributed by atoms with van der Waals surface area (Å²) in [6.45, 7) is 4.36. The summed E-state index contributed by atoms with van der Waals surface area (Å²) in [6.07, 6.45) is 2.48. The van der Waals surface area contributed by atoms with Crippen molar-refractivity contribution >= 4 is 0 Å². The molecule has 2 aromatic rings. The number of aromatic nitrogens is 2. The zero-order valence-electron chi connectivity index (χ0n) is 12.0. The van der Waals surface area contributed by atoms with Crippen molar-refractivity contribution in [1.82, 2.24) is 10.1 Å². The van der Waals surface area contributed by atoms with Crippen LogP contribution in [0.5, 0.6) is 5.75 Å². The van der Waals surface area contributed by atoms with E-state index < -0.39 is 0 Å². The number of benzene rings is 1. The number of aryl methyl sites for hydroxylation is 1. The molecule has 0 fully saturated rings. The Labute approximate surface area is 119 Å². The highest BCUT2D eigenvalue weighted by Crippen LogP contribution is 2.20. The van der Waals surface area contributed by atoms with Crippen LogP contribution in [0.25, 0.3) is 0 Å². The molecule has 0 bridgehead atoms. The van der Waals surface area contributed by atoms with E-state index in [1.807, 2.05) is 31.2 Å². The van der Waals surface area contributed by atoms with E-state index in [9.17, 15) is 0 Å². The molecule has 0 amide bonds. The van der Waals surface area contributed by atoms with Gasteiger partial charge < -0.3 is 15.0 Å². The van der Waals surface area contributed by atoms with E-state index in [4.69, 9.17) is 15.0 Å². The van der Waals surface area contributed by atoms with Gasteiger partial charge in [-0.25, -0.2) is 0 Å². The predicted molar refractivity (Wildman–Crippen MR) is 76.4 cm³/mol. The van der Waals surface area contributed by atoms with Crippen LogP contribution in [0, 0.1) is 0 Å². The molecule has 0 aliphatic carbocycles. The third-order valence-corrected chi connectivity index (χ3v) is 3.15. The van der Waals surface area contributed by atoms with Crippen molar-refractivity contribution in [2.24, 2.45) is 5.73 Å². The Hall–Kier alpha value is -1.88. The minimum Gasteiger partial charge on any atom is -0.485 e. The molecule has 0 spiro atoms. The quantitative estimate of drug-likeness (QED) is 0.840. The van der Waals surface area contributed by atoms with Gasteiger partial charge in [-0.3, -0.25) is 0 Å². The predicted octanol–water partition coefficient (Wildman–Crippen LogP) is 2.49. The third-order valence-electron chi connectivity index (χ3n) is 3.15. The average molecular weight is 275 g/mol. The summed E-state index contributed by atoms with van der Waals surface area (Å²) >= 11 is 0. The molecule has 108 valence electrons. The Kier molecular flexibility index (Phi) is 5.12. The average Bonchev–Trinajstić information content (AvgIpc) is 2.94. The van der Waals surface area contributed by atoms with E-state index in [-0.39, 0.29) is 6.04 Å². The lowest BCUT2D eigenvalue weighted by molar-refractivity contribution is 0.282. The van der Waals surface area contributed by atoms with Crippen molar-refractivity contribution in [1.29, 1.82) is 0 Å². The monoisotopic (exact) mass is 275 g/mol. The van der Waals surface area contributed by atoms with Gasteiger partial charge in [0.25, 0.3) is 0 Å². The molecule has 2 rings (SSSR count). The molecular weight excluding hydrogens is 254 g/mol. The van der Waals surface area contributed by atoms with E-state index >= 15 is 0 Å². The minimum atomic E-state index is 0.150. The Morgan fingerprint density at radius 1 is 1.30 bits per heavy atom. The van der Waals surface area contributed by atoms with Gasteiger partial charge in [0.15, 0.2) is 6.61 Å². The van der Waals surface area contributed by atoms with Gasteiger partial charge in [0.05, 0.1) is 0 Å². The molecule has 1 heterocycles. The number of ether oxygens (including phenoxy) is 1. The standard InChI is InChI=1S/C15H21N3O2/c1-3-12(16)9-11-7-5-6-8-13(11)19-10-14-17-15(4-2)20-18-14/h5-8,12H,3-4,9-10,16H2,1-2H3. The summed E-state index contributed by atoms with van der Waals surface area (Å²) in [6, 6.07) is 8.08. The molecular formula is C15H21N3O2. The van der Waals surface area contributed by atoms with Gasteiger partial charge in [-0.05, 0) is 24.5 Å². The molecule has 0 radical (unpaired) electrons. The van der Waals surface area contributed by atoms with Crippen molar-refractivity contribution < 1.29 is 9.26 Å². The zero-order valence-corrected chi connectivity index (χ0v) is 12.0. The van der Waals surface area contributed by atoms with Gasteiger partial charge in [-0.15, -0.1) is 0 Å². The normalized spacial score (nSPS) is 12.3. The Bertz CT molecular complexity index is 539. The minimum absolute atomic E-state index is 0.150. The first-order valence-corrected chi connectivity index (χ1v) is 7.00. The second-order valence-corrected chi connectivity index (χ2v) is 4.73. The lowest BCUT2D eigenvalue weighted by atomic mass is 10.0. The van der Waals surface area contributed by atoms with Crippen LogP contribution in [0.2, 0.25) is 0 Å². The third kappa shape index (κ3) is 3.81. The molecule has 5 heteroatoms. The number of hydrogen-bond acceptors (Lipinski definition) is 5. The molecule has 1 unspecified atom stereocenters. The lowest BCUT2D eigenvalue weighted by Gasteiger charge is -2.13. The molecule has 0 saturated carbocycles. The summed E-state index contributed by atoms with van der Waals surface area (Å²) in [5, 5.41) is 3.87. The van der Waals surface area contributed by atoms with Gasteiger partial charge in [0.1, 0.15) is 5.75 Å². The first-order valence-electron chi connectivity index (χ1n) is 7.00. The van der Waals surface area contributed by atoms with Crippen molar-refractivity contribution in [3.63, 3.8) is 0 Å². The first kappa shape index (κ1) is 14.5. The molecule has 1 aromatic carbocycles. The Morgan fingerprint density at radius 2 is 2.10 bits per heavy atom. The summed E-state index contributed by atoms with van der Waals surface area (Å²) in [4.78, 5) is 4.22. The number of nitrogens with two attached hydrogens (primary N) is 1. The smallest absolute Gasteiger partial charge is 0.226 e. The Balaban J connectivity index is 2.01. The van der Waals surface area contributed by atoms with Crippen LogP contribution in [0.1, 0.15) is 37.5 Å². The number of nitrogens with zero attached hydrogens (tertiary/aromatic N) is 2. The molecule has 0 aliphatic heterocycles. The van der Waals surface area contributed by atoms with Crippen LogP contribution in [0.4, 0.5) is 0 Å². The largest absolute Gasteiger partial charge is 0.485 e. The molecule has 1 atom stereocenters. The summed E-state index contributed by atoms with van der Waals surface area (Å²) in [7, 11) is 0. The van der Waals surface area contributed by atoms with Crippen LogP contribution < -0.4 is 10.5 Å². The fourth-order valence-corrected chi connectivity index (χ4v) is 1.87. The topological polar surface area (TPSA) is 74.2 Å². The summed E-state index contributed by atoms with van der Waals surface area (Å²) < 4.78 is 10.8. The first-order chi connectivity index (χ1) is 9.72. The van der Waals surface area contributed by atoms with Gasteiger partial charge in [-0.2, -0.15) is 4.98 Å². The van der Waals surface area contributed by atoms with Crippen LogP contribution >= 0.6 is 0 Å². The molecule has 0 saturated heterocycles. The highest BCUT2D eigenvalue weighted by molar-refractivity contribution is 5.34. The molecule has 20 heavy (non-hydrogen) atoms. The second-order valence-electron chi connectivity index (χ2n) is 4.73. The van der Waals surface area contributed by atoms with Crippen LogP contribution in [0.15, 0.2) is 28.8 Å². The number of rotatable bonds is 7. The van der Waals surface area contributed by atoms with Gasteiger partial charge >= 0.3 is 0 Å². The zero-order chi connectivity index (χ0) is 14.4.